The molecule has 0 aromatic heterocycles. The molecule has 0 radical (unpaired) electrons. The number of hydrogen-bond acceptors (Lipinski definition) is 3. The number of nitrogens with two attached hydrogens (primary N) is 1. The van der Waals surface area contributed by atoms with Crippen LogP contribution in [-0.2, 0) is 6.54 Å². The maximum atomic E-state index is 12.4. The molecule has 1 aliphatic heterocycles. The van der Waals surface area contributed by atoms with Crippen molar-refractivity contribution >= 4 is 12.4 Å². The maximum absolute atomic E-state index is 12.4. The lowest BCUT2D eigenvalue weighted by Crippen LogP contribution is -2.43. The summed E-state index contributed by atoms with van der Waals surface area (Å²) in [6, 6.07) is 7.31. The molecule has 0 bridgehead atoms. The lowest BCUT2D eigenvalue weighted by Gasteiger charge is -2.35. The molecule has 2 N–H and O–H groups in total. The van der Waals surface area contributed by atoms with Crippen molar-refractivity contribution in [2.75, 3.05) is 13.1 Å². The third-order valence-electron chi connectivity index (χ3n) is 3.58. The van der Waals surface area contributed by atoms with E-state index in [4.69, 9.17) is 5.73 Å². The Hall–Kier alpha value is -0.910. The molecule has 1 saturated heterocycles. The molecule has 0 aliphatic carbocycles. The summed E-state index contributed by atoms with van der Waals surface area (Å²) in [5, 5.41) is 0. The van der Waals surface area contributed by atoms with Crippen molar-refractivity contribution in [1.82, 2.24) is 4.90 Å². The average molecular weight is 307 g/mol. The summed E-state index contributed by atoms with van der Waals surface area (Å²) in [4.78, 5) is 2.26. The number of halogens is 3. The monoisotopic (exact) mass is 306 g/mol. The Labute approximate surface area is 124 Å². The van der Waals surface area contributed by atoms with Crippen molar-refractivity contribution in [3.63, 3.8) is 0 Å². The van der Waals surface area contributed by atoms with E-state index in [-0.39, 0.29) is 18.2 Å². The molecule has 1 aromatic rings. The van der Waals surface area contributed by atoms with Crippen LogP contribution in [0.1, 0.15) is 24.8 Å². The third kappa shape index (κ3) is 4.58. The minimum Gasteiger partial charge on any atom is -0.434 e. The van der Waals surface area contributed by atoms with Gasteiger partial charge in [-0.15, -0.1) is 12.4 Å². The van der Waals surface area contributed by atoms with E-state index in [2.05, 4.69) is 9.64 Å². The fourth-order valence-electron chi connectivity index (χ4n) is 2.60. The molecule has 20 heavy (non-hydrogen) atoms. The van der Waals surface area contributed by atoms with Crippen LogP contribution in [0.4, 0.5) is 8.78 Å². The minimum atomic E-state index is -2.78. The summed E-state index contributed by atoms with van der Waals surface area (Å²) < 4.78 is 29.3. The van der Waals surface area contributed by atoms with Gasteiger partial charge in [-0.1, -0.05) is 24.6 Å². The molecule has 6 heteroatoms. The van der Waals surface area contributed by atoms with E-state index in [9.17, 15) is 8.78 Å². The molecule has 2 rings (SSSR count). The Kier molecular flexibility index (Phi) is 7.19. The Bertz CT molecular complexity index is 407. The van der Waals surface area contributed by atoms with Crippen LogP contribution in [0.2, 0.25) is 0 Å². The van der Waals surface area contributed by atoms with E-state index in [1.807, 2.05) is 12.1 Å². The van der Waals surface area contributed by atoms with Gasteiger partial charge in [0.05, 0.1) is 0 Å². The van der Waals surface area contributed by atoms with Gasteiger partial charge in [-0.2, -0.15) is 8.78 Å². The van der Waals surface area contributed by atoms with Gasteiger partial charge in [0, 0.05) is 24.7 Å². The number of benzene rings is 1. The molecule has 0 amide bonds. The highest BCUT2D eigenvalue weighted by Gasteiger charge is 2.22. The van der Waals surface area contributed by atoms with Gasteiger partial charge >= 0.3 is 6.61 Å². The molecule has 114 valence electrons. The summed E-state index contributed by atoms with van der Waals surface area (Å²) >= 11 is 0. The molecule has 1 unspecified atom stereocenters. The van der Waals surface area contributed by atoms with Gasteiger partial charge in [0.1, 0.15) is 5.75 Å². The van der Waals surface area contributed by atoms with Crippen molar-refractivity contribution in [3.8, 4) is 5.75 Å². The fraction of sp³-hybridized carbons (Fsp3) is 0.571. The SMILES string of the molecule is Cl.NCC1CCCCN1Cc1ccccc1OC(F)F. The summed E-state index contributed by atoms with van der Waals surface area (Å²) in [7, 11) is 0. The molecular weight excluding hydrogens is 286 g/mol. The lowest BCUT2D eigenvalue weighted by atomic mass is 10.0. The average Bonchev–Trinajstić information content (AvgIpc) is 2.41. The van der Waals surface area contributed by atoms with Crippen LogP contribution in [-0.4, -0.2) is 30.6 Å². The van der Waals surface area contributed by atoms with E-state index in [1.165, 1.54) is 6.42 Å². The Morgan fingerprint density at radius 2 is 2.05 bits per heavy atom. The predicted molar refractivity (Wildman–Crippen MR) is 77.4 cm³/mol. The molecule has 1 aliphatic rings. The van der Waals surface area contributed by atoms with Crippen molar-refractivity contribution in [3.05, 3.63) is 29.8 Å². The number of rotatable bonds is 5. The van der Waals surface area contributed by atoms with Crippen molar-refractivity contribution in [1.29, 1.82) is 0 Å². The van der Waals surface area contributed by atoms with Gasteiger partial charge in [-0.25, -0.2) is 0 Å². The first-order chi connectivity index (χ1) is 9.20. The second-order valence-electron chi connectivity index (χ2n) is 4.84. The fourth-order valence-corrected chi connectivity index (χ4v) is 2.60. The number of nitrogens with zero attached hydrogens (tertiary/aromatic N) is 1. The molecular formula is C14H21ClF2N2O. The van der Waals surface area contributed by atoms with Gasteiger partial charge in [-0.3, -0.25) is 4.90 Å². The molecule has 0 saturated carbocycles. The highest BCUT2D eigenvalue weighted by molar-refractivity contribution is 5.85. The summed E-state index contributed by atoms with van der Waals surface area (Å²) in [5.74, 6) is 0.263. The lowest BCUT2D eigenvalue weighted by molar-refractivity contribution is -0.0509. The quantitative estimate of drug-likeness (QED) is 0.909. The minimum absolute atomic E-state index is 0. The second kappa shape index (κ2) is 8.39. The van der Waals surface area contributed by atoms with Gasteiger partial charge in [0.15, 0.2) is 0 Å². The predicted octanol–water partition coefficient (Wildman–Crippen LogP) is 3.02. The van der Waals surface area contributed by atoms with Crippen LogP contribution in [0.3, 0.4) is 0 Å². The van der Waals surface area contributed by atoms with E-state index in [0.29, 0.717) is 19.1 Å². The highest BCUT2D eigenvalue weighted by Crippen LogP contribution is 2.25. The highest BCUT2D eigenvalue weighted by atomic mass is 35.5. The summed E-state index contributed by atoms with van der Waals surface area (Å²) in [5.41, 5.74) is 6.57. The first kappa shape index (κ1) is 17.1. The number of para-hydroxylation sites is 1. The Morgan fingerprint density at radius 3 is 2.75 bits per heavy atom. The van der Waals surface area contributed by atoms with Crippen LogP contribution in [0, 0.1) is 0 Å². The maximum Gasteiger partial charge on any atom is 0.387 e. The second-order valence-corrected chi connectivity index (χ2v) is 4.84. The Balaban J connectivity index is 0.00000200. The smallest absolute Gasteiger partial charge is 0.387 e. The number of hydrogen-bond donors (Lipinski definition) is 1. The molecule has 1 atom stereocenters. The van der Waals surface area contributed by atoms with Gasteiger partial charge in [0.2, 0.25) is 0 Å². The van der Waals surface area contributed by atoms with Crippen LogP contribution >= 0.6 is 12.4 Å². The van der Waals surface area contributed by atoms with E-state index >= 15 is 0 Å². The number of likely N-dealkylation sites (tertiary alicyclic amines) is 1. The zero-order chi connectivity index (χ0) is 13.7. The van der Waals surface area contributed by atoms with Crippen LogP contribution in [0.25, 0.3) is 0 Å². The molecule has 1 aromatic carbocycles. The third-order valence-corrected chi connectivity index (χ3v) is 3.58. The van der Waals surface area contributed by atoms with Gasteiger partial charge in [0.25, 0.3) is 0 Å². The van der Waals surface area contributed by atoms with Gasteiger partial charge in [-0.05, 0) is 25.5 Å². The zero-order valence-corrected chi connectivity index (χ0v) is 12.1. The van der Waals surface area contributed by atoms with Crippen molar-refractivity contribution in [2.24, 2.45) is 5.73 Å². The summed E-state index contributed by atoms with van der Waals surface area (Å²) in [6.45, 7) is -0.596. The van der Waals surface area contributed by atoms with E-state index in [0.717, 1.165) is 24.9 Å². The molecule has 3 nitrogen and oxygen atoms in total. The van der Waals surface area contributed by atoms with Crippen LogP contribution in [0.15, 0.2) is 24.3 Å². The Morgan fingerprint density at radius 1 is 1.30 bits per heavy atom. The normalized spacial score (nSPS) is 19.7. The first-order valence-electron chi connectivity index (χ1n) is 6.67. The standard InChI is InChI=1S/C14H20F2N2O.ClH/c15-14(16)19-13-7-2-1-5-11(13)10-18-8-4-3-6-12(18)9-17;/h1-2,5,7,12,14H,3-4,6,8-10,17H2;1H. The molecule has 0 spiro atoms. The number of ether oxygens (including phenoxy) is 1. The topological polar surface area (TPSA) is 38.5 Å². The number of alkyl halides is 2. The number of piperidine rings is 1. The van der Waals surface area contributed by atoms with Crippen molar-refractivity contribution in [2.45, 2.75) is 38.5 Å². The van der Waals surface area contributed by atoms with E-state index in [1.54, 1.807) is 12.1 Å². The molecule has 1 fully saturated rings. The van der Waals surface area contributed by atoms with E-state index < -0.39 is 6.61 Å². The zero-order valence-electron chi connectivity index (χ0n) is 11.3. The van der Waals surface area contributed by atoms with Crippen LogP contribution in [0.5, 0.6) is 5.75 Å². The van der Waals surface area contributed by atoms with Crippen LogP contribution < -0.4 is 10.5 Å². The molecule has 1 heterocycles. The van der Waals surface area contributed by atoms with Gasteiger partial charge < -0.3 is 10.5 Å². The van der Waals surface area contributed by atoms with Crippen molar-refractivity contribution < 1.29 is 13.5 Å². The largest absolute Gasteiger partial charge is 0.434 e. The first-order valence-corrected chi connectivity index (χ1v) is 6.67. The summed E-state index contributed by atoms with van der Waals surface area (Å²) in [6.07, 6.45) is 3.40.